The zero-order valence-electron chi connectivity index (χ0n) is 31.1. The van der Waals surface area contributed by atoms with E-state index in [0.717, 1.165) is 14.0 Å². The first-order valence-electron chi connectivity index (χ1n) is 17.5. The van der Waals surface area contributed by atoms with Gasteiger partial charge in [0, 0.05) is 52.2 Å². The molecule has 52 heavy (non-hydrogen) atoms. The Morgan fingerprint density at radius 3 is 2.25 bits per heavy atom. The molecule has 284 valence electrons. The summed E-state index contributed by atoms with van der Waals surface area (Å²) in [6, 6.07) is 1.66. The van der Waals surface area contributed by atoms with Crippen molar-refractivity contribution in [2.45, 2.75) is 117 Å². The van der Waals surface area contributed by atoms with Crippen molar-refractivity contribution in [3.05, 3.63) is 47.5 Å². The summed E-state index contributed by atoms with van der Waals surface area (Å²) in [4.78, 5) is 67.4. The van der Waals surface area contributed by atoms with Crippen LogP contribution in [0.5, 0.6) is 0 Å². The summed E-state index contributed by atoms with van der Waals surface area (Å²) in [5.74, 6) is -9.86. The van der Waals surface area contributed by atoms with Gasteiger partial charge in [0.05, 0.1) is 25.6 Å². The van der Waals surface area contributed by atoms with Crippen LogP contribution in [0.15, 0.2) is 46.3 Å². The predicted molar refractivity (Wildman–Crippen MR) is 177 cm³/mol. The third-order valence-electron chi connectivity index (χ3n) is 12.8. The van der Waals surface area contributed by atoms with E-state index in [1.807, 2.05) is 6.92 Å². The molecule has 2 bridgehead atoms. The Hall–Kier alpha value is -4.01. The smallest absolute Gasteiger partial charge is 0.347 e. The zero-order chi connectivity index (χ0) is 38.6. The largest absolute Gasteiger partial charge is 0.472 e. The summed E-state index contributed by atoms with van der Waals surface area (Å²) in [6.07, 6.45) is 0.00576. The van der Waals surface area contributed by atoms with E-state index in [9.17, 15) is 34.2 Å². The van der Waals surface area contributed by atoms with Crippen LogP contribution >= 0.6 is 0 Å². The monoisotopic (exact) mass is 728 g/mol. The second kappa shape index (κ2) is 12.0. The van der Waals surface area contributed by atoms with Gasteiger partial charge in [0.2, 0.25) is 11.9 Å². The number of rotatable bonds is 8. The highest BCUT2D eigenvalue weighted by Crippen LogP contribution is 2.82. The maximum atomic E-state index is 13.7. The molecule has 0 aromatic carbocycles. The highest BCUT2D eigenvalue weighted by atomic mass is 16.7. The van der Waals surface area contributed by atoms with Crippen molar-refractivity contribution in [3.8, 4) is 0 Å². The van der Waals surface area contributed by atoms with E-state index in [1.54, 1.807) is 47.6 Å². The topological polar surface area (TPSA) is 194 Å². The summed E-state index contributed by atoms with van der Waals surface area (Å²) in [7, 11) is 1.12. The number of methoxy groups -OCH3 is 1. The summed E-state index contributed by atoms with van der Waals surface area (Å²) in [5, 5.41) is 26.9. The van der Waals surface area contributed by atoms with Crippen molar-refractivity contribution in [2.24, 2.45) is 34.0 Å². The molecule has 4 heterocycles. The van der Waals surface area contributed by atoms with Crippen LogP contribution in [0.3, 0.4) is 0 Å². The number of esters is 5. The first-order valence-corrected chi connectivity index (χ1v) is 17.5. The number of furan rings is 1. The minimum absolute atomic E-state index is 0.155. The van der Waals surface area contributed by atoms with E-state index in [0.29, 0.717) is 12.0 Å². The number of fused-ring (bicyclic) bond motifs is 2. The molecule has 2 N–H and O–H groups in total. The van der Waals surface area contributed by atoms with E-state index >= 15 is 0 Å². The van der Waals surface area contributed by atoms with E-state index in [-0.39, 0.29) is 17.6 Å². The van der Waals surface area contributed by atoms with Crippen LogP contribution in [0.4, 0.5) is 0 Å². The number of hydrogen-bond donors (Lipinski definition) is 2. The maximum absolute atomic E-state index is 13.7. The van der Waals surface area contributed by atoms with E-state index in [2.05, 4.69) is 0 Å². The van der Waals surface area contributed by atoms with Crippen molar-refractivity contribution in [3.63, 3.8) is 0 Å². The number of ether oxygens (including phenoxy) is 6. The van der Waals surface area contributed by atoms with E-state index < -0.39 is 105 Å². The van der Waals surface area contributed by atoms with E-state index in [4.69, 9.17) is 32.8 Å². The SMILES string of the molecule is CC=C(C)C(=O)OC1C(C)(C)C(C(OC(C)=O)C(=O)OC)C2(C)C3CCC4(C)C(=CC(=O)OC4c4ccoc4)C34OC2(O)C1(O)C4OC(=O)C(C)C. The van der Waals surface area contributed by atoms with Crippen molar-refractivity contribution >= 4 is 29.8 Å². The molecular weight excluding hydrogens is 680 g/mol. The van der Waals surface area contributed by atoms with Gasteiger partial charge in [-0.3, -0.25) is 9.59 Å². The molecule has 1 aromatic rings. The molecule has 1 aromatic heterocycles. The molecular formula is C38H48O14. The molecule has 11 unspecified atom stereocenters. The van der Waals surface area contributed by atoms with Crippen LogP contribution in [0.1, 0.15) is 86.8 Å². The highest BCUT2D eigenvalue weighted by Gasteiger charge is 2.97. The van der Waals surface area contributed by atoms with E-state index in [1.165, 1.54) is 31.6 Å². The molecule has 11 atom stereocenters. The molecule has 2 aliphatic carbocycles. The molecule has 0 amide bonds. The fourth-order valence-electron chi connectivity index (χ4n) is 10.6. The summed E-state index contributed by atoms with van der Waals surface area (Å²) < 4.78 is 41.5. The minimum Gasteiger partial charge on any atom is -0.472 e. The van der Waals surface area contributed by atoms with Gasteiger partial charge in [-0.1, -0.05) is 47.6 Å². The lowest BCUT2D eigenvalue weighted by molar-refractivity contribution is -0.391. The molecule has 4 fully saturated rings. The Morgan fingerprint density at radius 1 is 1.02 bits per heavy atom. The number of aliphatic hydroxyl groups is 2. The maximum Gasteiger partial charge on any atom is 0.347 e. The first kappa shape index (κ1) is 37.7. The second-order valence-corrected chi connectivity index (χ2v) is 16.2. The first-order chi connectivity index (χ1) is 24.1. The molecule has 3 aliphatic heterocycles. The Kier molecular flexibility index (Phi) is 8.71. The molecule has 2 saturated carbocycles. The summed E-state index contributed by atoms with van der Waals surface area (Å²) in [6.45, 7) is 14.1. The van der Waals surface area contributed by atoms with Gasteiger partial charge >= 0.3 is 29.8 Å². The summed E-state index contributed by atoms with van der Waals surface area (Å²) >= 11 is 0. The lowest BCUT2D eigenvalue weighted by atomic mass is 9.36. The third-order valence-corrected chi connectivity index (χ3v) is 12.8. The Labute approximate surface area is 301 Å². The molecule has 5 aliphatic rings. The van der Waals surface area contributed by atoms with Gasteiger partial charge in [-0.15, -0.1) is 0 Å². The number of carbonyl (C=O) groups is 5. The fraction of sp³-hybridized carbons (Fsp3) is 0.658. The average Bonchev–Trinajstić information content (AvgIpc) is 3.73. The number of carbonyl (C=O) groups excluding carboxylic acids is 5. The van der Waals surface area contributed by atoms with Gasteiger partial charge in [0.15, 0.2) is 11.7 Å². The van der Waals surface area contributed by atoms with Crippen molar-refractivity contribution in [2.75, 3.05) is 7.11 Å². The van der Waals surface area contributed by atoms with Gasteiger partial charge < -0.3 is 43.1 Å². The molecule has 6 rings (SSSR count). The Bertz CT molecular complexity index is 1760. The lowest BCUT2D eigenvalue weighted by Crippen LogP contribution is -2.85. The van der Waals surface area contributed by atoms with Gasteiger partial charge in [-0.25, -0.2) is 14.4 Å². The lowest BCUT2D eigenvalue weighted by Gasteiger charge is -2.69. The normalized spacial score (nSPS) is 40.5. The van der Waals surface area contributed by atoms with Crippen LogP contribution in [-0.2, 0) is 52.4 Å². The molecule has 14 nitrogen and oxygen atoms in total. The van der Waals surface area contributed by atoms with Crippen molar-refractivity contribution in [1.29, 1.82) is 0 Å². The quantitative estimate of drug-likeness (QED) is 0.224. The fourth-order valence-corrected chi connectivity index (χ4v) is 10.6. The molecule has 14 heteroatoms. The Balaban J connectivity index is 1.71. The molecule has 0 radical (unpaired) electrons. The van der Waals surface area contributed by atoms with Crippen molar-refractivity contribution < 1.29 is 67.0 Å². The highest BCUT2D eigenvalue weighted by molar-refractivity contribution is 5.88. The second-order valence-electron chi connectivity index (χ2n) is 16.2. The molecule has 2 saturated heterocycles. The average molecular weight is 729 g/mol. The van der Waals surface area contributed by atoms with Crippen LogP contribution in [0.25, 0.3) is 0 Å². The zero-order valence-corrected chi connectivity index (χ0v) is 31.1. The predicted octanol–water partition coefficient (Wildman–Crippen LogP) is 3.64. The van der Waals surface area contributed by atoms with Crippen LogP contribution < -0.4 is 0 Å². The number of allylic oxidation sites excluding steroid dienone is 1. The minimum atomic E-state index is -2.77. The van der Waals surface area contributed by atoms with Crippen LogP contribution in [0.2, 0.25) is 0 Å². The van der Waals surface area contributed by atoms with Crippen molar-refractivity contribution in [1.82, 2.24) is 0 Å². The third kappa shape index (κ3) is 4.55. The standard InChI is InChI=1S/C38H48O14/c1-11-19(4)29(42)51-31-33(6,7)26(25(30(43)46-10)48-20(5)39)35(9)22-12-14-34(8)23(16-24(40)49-27(34)21-13-15-47-17-21)36(22)32(50-28(41)18(2)3)37(31,44)38(35,45)52-36/h11,13,15-18,22,25-27,31-32,44-45H,12,14H2,1-10H3. The van der Waals surface area contributed by atoms with Crippen LogP contribution in [-0.4, -0.2) is 82.5 Å². The number of hydrogen-bond acceptors (Lipinski definition) is 14. The Morgan fingerprint density at radius 2 is 1.69 bits per heavy atom. The van der Waals surface area contributed by atoms with Gasteiger partial charge in [0.25, 0.3) is 0 Å². The molecule has 1 spiro atoms. The van der Waals surface area contributed by atoms with Gasteiger partial charge in [0.1, 0.15) is 17.8 Å². The summed E-state index contributed by atoms with van der Waals surface area (Å²) in [5.41, 5.74) is -8.11. The van der Waals surface area contributed by atoms with Crippen LogP contribution in [0, 0.1) is 34.0 Å². The van der Waals surface area contributed by atoms with Gasteiger partial charge in [-0.05, 0) is 38.3 Å². The van der Waals surface area contributed by atoms with Gasteiger partial charge in [-0.2, -0.15) is 0 Å². The number of cyclic esters (lactones) is 1.